The van der Waals surface area contributed by atoms with Crippen LogP contribution in [0, 0.1) is 11.3 Å². The minimum Gasteiger partial charge on any atom is -0.322 e. The van der Waals surface area contributed by atoms with Crippen LogP contribution in [0.5, 0.6) is 0 Å². The number of hydrogen-bond donors (Lipinski definition) is 3. The van der Waals surface area contributed by atoms with E-state index in [1.807, 2.05) is 6.07 Å². The van der Waals surface area contributed by atoms with Crippen LogP contribution in [0.2, 0.25) is 0 Å². The Labute approximate surface area is 228 Å². The molecule has 3 N–H and O–H groups in total. The van der Waals surface area contributed by atoms with Crippen LogP contribution in [-0.4, -0.2) is 23.9 Å². The van der Waals surface area contributed by atoms with Crippen molar-refractivity contribution in [1.82, 2.24) is 9.55 Å². The molecular formula is C29H21N5O5S. The standard InChI is InChI=1S/C29H21N5O5S/c30-17-19-6-10-21(11-7-19)27(35)31-23-12-15-26-25(16-23)28(36)34(29(37)32-26)18-20-8-13-24(14-9-20)40(38,39)33-22-4-2-1-3-5-22/h1-16,33H,18H2,(H,31,35)(H,32,37). The zero-order valence-corrected chi connectivity index (χ0v) is 21.6. The van der Waals surface area contributed by atoms with Crippen LogP contribution in [0.1, 0.15) is 21.5 Å². The van der Waals surface area contributed by atoms with Gasteiger partial charge in [-0.25, -0.2) is 13.2 Å². The Kier molecular flexibility index (Phi) is 7.01. The van der Waals surface area contributed by atoms with E-state index in [0.717, 1.165) is 4.57 Å². The molecule has 1 amide bonds. The molecule has 11 heteroatoms. The maximum atomic E-state index is 13.3. The average Bonchev–Trinajstić information content (AvgIpc) is 2.96. The van der Waals surface area contributed by atoms with Gasteiger partial charge in [0.05, 0.1) is 34.0 Å². The molecule has 40 heavy (non-hydrogen) atoms. The molecule has 198 valence electrons. The molecule has 0 aliphatic heterocycles. The highest BCUT2D eigenvalue weighted by Gasteiger charge is 2.15. The Bertz CT molecular complexity index is 1990. The molecular weight excluding hydrogens is 530 g/mol. The lowest BCUT2D eigenvalue weighted by Crippen LogP contribution is -2.35. The van der Waals surface area contributed by atoms with Crippen LogP contribution in [0.25, 0.3) is 10.9 Å². The fourth-order valence-electron chi connectivity index (χ4n) is 4.05. The molecule has 0 atom stereocenters. The van der Waals surface area contributed by atoms with Crippen molar-refractivity contribution in [1.29, 1.82) is 5.26 Å². The van der Waals surface area contributed by atoms with E-state index >= 15 is 0 Å². The fourth-order valence-corrected chi connectivity index (χ4v) is 5.11. The number of H-pyrrole nitrogens is 1. The van der Waals surface area contributed by atoms with Gasteiger partial charge in [-0.15, -0.1) is 0 Å². The second-order valence-electron chi connectivity index (χ2n) is 8.84. The zero-order valence-electron chi connectivity index (χ0n) is 20.8. The third-order valence-electron chi connectivity index (χ3n) is 6.12. The summed E-state index contributed by atoms with van der Waals surface area (Å²) in [5, 5.41) is 11.8. The number of para-hydroxylation sites is 1. The molecule has 0 saturated carbocycles. The van der Waals surface area contributed by atoms with Crippen LogP contribution >= 0.6 is 0 Å². The number of nitriles is 1. The first-order valence-corrected chi connectivity index (χ1v) is 13.5. The van der Waals surface area contributed by atoms with E-state index in [-0.39, 0.29) is 16.8 Å². The summed E-state index contributed by atoms with van der Waals surface area (Å²) in [6, 6.07) is 27.0. The van der Waals surface area contributed by atoms with Crippen molar-refractivity contribution < 1.29 is 13.2 Å². The Morgan fingerprint density at radius 3 is 2.25 bits per heavy atom. The van der Waals surface area contributed by atoms with Gasteiger partial charge in [-0.3, -0.25) is 18.9 Å². The quantitative estimate of drug-likeness (QED) is 0.281. The van der Waals surface area contributed by atoms with Gasteiger partial charge in [-0.1, -0.05) is 30.3 Å². The van der Waals surface area contributed by atoms with E-state index in [1.54, 1.807) is 36.4 Å². The minimum absolute atomic E-state index is 0.0301. The highest BCUT2D eigenvalue weighted by molar-refractivity contribution is 7.92. The number of sulfonamides is 1. The third kappa shape index (κ3) is 5.52. The molecule has 1 aromatic heterocycles. The van der Waals surface area contributed by atoms with Crippen molar-refractivity contribution in [2.24, 2.45) is 0 Å². The van der Waals surface area contributed by atoms with Gasteiger partial charge in [0.25, 0.3) is 21.5 Å². The summed E-state index contributed by atoms with van der Waals surface area (Å²) in [5.41, 5.74) is 1.16. The predicted octanol–water partition coefficient (Wildman–Crippen LogP) is 3.66. The predicted molar refractivity (Wildman–Crippen MR) is 151 cm³/mol. The van der Waals surface area contributed by atoms with Crippen LogP contribution in [0.3, 0.4) is 0 Å². The summed E-state index contributed by atoms with van der Waals surface area (Å²) in [4.78, 5) is 41.3. The van der Waals surface area contributed by atoms with Gasteiger partial charge < -0.3 is 10.3 Å². The monoisotopic (exact) mass is 551 g/mol. The van der Waals surface area contributed by atoms with E-state index in [2.05, 4.69) is 15.0 Å². The molecule has 0 saturated heterocycles. The number of hydrogen-bond acceptors (Lipinski definition) is 6. The summed E-state index contributed by atoms with van der Waals surface area (Å²) in [6.07, 6.45) is 0. The molecule has 0 unspecified atom stereocenters. The smallest absolute Gasteiger partial charge is 0.322 e. The number of aromatic amines is 1. The van der Waals surface area contributed by atoms with E-state index < -0.39 is 27.2 Å². The van der Waals surface area contributed by atoms with Gasteiger partial charge in [0.1, 0.15) is 0 Å². The van der Waals surface area contributed by atoms with E-state index in [1.165, 1.54) is 60.7 Å². The molecule has 1 heterocycles. The Morgan fingerprint density at radius 2 is 1.57 bits per heavy atom. The van der Waals surface area contributed by atoms with Crippen LogP contribution < -0.4 is 21.3 Å². The van der Waals surface area contributed by atoms with E-state index in [0.29, 0.717) is 33.6 Å². The first-order chi connectivity index (χ1) is 19.2. The lowest BCUT2D eigenvalue weighted by molar-refractivity contribution is 0.102. The van der Waals surface area contributed by atoms with Crippen LogP contribution in [-0.2, 0) is 16.6 Å². The molecule has 10 nitrogen and oxygen atoms in total. The van der Waals surface area contributed by atoms with Crippen molar-refractivity contribution in [3.63, 3.8) is 0 Å². The number of amides is 1. The van der Waals surface area contributed by atoms with Gasteiger partial charge in [0.15, 0.2) is 0 Å². The SMILES string of the molecule is N#Cc1ccc(C(=O)Nc2ccc3[nH]c(=O)n(Cc4ccc(S(=O)(=O)Nc5ccccc5)cc4)c(=O)c3c2)cc1. The van der Waals surface area contributed by atoms with Crippen molar-refractivity contribution in [3.05, 3.63) is 135 Å². The maximum absolute atomic E-state index is 13.3. The van der Waals surface area contributed by atoms with Crippen molar-refractivity contribution >= 4 is 38.2 Å². The van der Waals surface area contributed by atoms with Gasteiger partial charge in [-0.05, 0) is 72.3 Å². The van der Waals surface area contributed by atoms with E-state index in [4.69, 9.17) is 5.26 Å². The molecule has 4 aromatic carbocycles. The number of nitrogens with zero attached hydrogens (tertiary/aromatic N) is 2. The highest BCUT2D eigenvalue weighted by Crippen LogP contribution is 2.18. The highest BCUT2D eigenvalue weighted by atomic mass is 32.2. The largest absolute Gasteiger partial charge is 0.329 e. The first-order valence-electron chi connectivity index (χ1n) is 12.0. The average molecular weight is 552 g/mol. The number of benzene rings is 4. The number of carbonyl (C=O) groups is 1. The van der Waals surface area contributed by atoms with Gasteiger partial charge >= 0.3 is 5.69 Å². The summed E-state index contributed by atoms with van der Waals surface area (Å²) in [6.45, 7) is -0.0988. The van der Waals surface area contributed by atoms with Gasteiger partial charge in [0, 0.05) is 16.9 Å². The lowest BCUT2D eigenvalue weighted by Gasteiger charge is -2.10. The second kappa shape index (κ2) is 10.7. The first kappa shape index (κ1) is 26.1. The number of carbonyl (C=O) groups excluding carboxylic acids is 1. The van der Waals surface area contributed by atoms with Crippen molar-refractivity contribution in [3.8, 4) is 6.07 Å². The number of nitrogens with one attached hydrogen (secondary N) is 3. The van der Waals surface area contributed by atoms with E-state index in [9.17, 15) is 22.8 Å². The van der Waals surface area contributed by atoms with Crippen molar-refractivity contribution in [2.75, 3.05) is 10.0 Å². The Hall–Kier alpha value is -5.47. The molecule has 0 radical (unpaired) electrons. The lowest BCUT2D eigenvalue weighted by atomic mass is 10.1. The molecule has 5 rings (SSSR count). The maximum Gasteiger partial charge on any atom is 0.329 e. The Balaban J connectivity index is 1.38. The summed E-state index contributed by atoms with van der Waals surface area (Å²) >= 11 is 0. The Morgan fingerprint density at radius 1 is 0.875 bits per heavy atom. The minimum atomic E-state index is -3.82. The molecule has 0 spiro atoms. The normalized spacial score (nSPS) is 11.1. The molecule has 0 aliphatic rings. The molecule has 5 aromatic rings. The second-order valence-corrected chi connectivity index (χ2v) is 10.5. The fraction of sp³-hybridized carbons (Fsp3) is 0.0345. The zero-order chi connectivity index (χ0) is 28.3. The van der Waals surface area contributed by atoms with Crippen molar-refractivity contribution in [2.45, 2.75) is 11.4 Å². The summed E-state index contributed by atoms with van der Waals surface area (Å²) in [5.74, 6) is -0.426. The molecule has 0 bridgehead atoms. The molecule has 0 fully saturated rings. The van der Waals surface area contributed by atoms with Crippen LogP contribution in [0.15, 0.2) is 112 Å². The summed E-state index contributed by atoms with van der Waals surface area (Å²) < 4.78 is 28.9. The topological polar surface area (TPSA) is 154 Å². The van der Waals surface area contributed by atoms with Gasteiger partial charge in [0.2, 0.25) is 0 Å². The van der Waals surface area contributed by atoms with Crippen LogP contribution in [0.4, 0.5) is 11.4 Å². The number of rotatable bonds is 7. The summed E-state index contributed by atoms with van der Waals surface area (Å²) in [7, 11) is -3.82. The third-order valence-corrected chi connectivity index (χ3v) is 7.51. The number of anilines is 2. The molecule has 0 aliphatic carbocycles. The van der Waals surface area contributed by atoms with Gasteiger partial charge in [-0.2, -0.15) is 5.26 Å². The number of fused-ring (bicyclic) bond motifs is 1. The number of aromatic nitrogens is 2.